The summed E-state index contributed by atoms with van der Waals surface area (Å²) in [6.45, 7) is 0. The molecule has 8 nitrogen and oxygen atoms in total. The van der Waals surface area contributed by atoms with E-state index >= 15 is 0 Å². The Bertz CT molecular complexity index is 514. The van der Waals surface area contributed by atoms with Crippen molar-refractivity contribution in [3.63, 3.8) is 0 Å². The van der Waals surface area contributed by atoms with Crippen LogP contribution >= 0.6 is 0 Å². The highest BCUT2D eigenvalue weighted by Crippen LogP contribution is 2.13. The molecule has 1 aromatic carbocycles. The van der Waals surface area contributed by atoms with E-state index in [1.54, 1.807) is 0 Å². The van der Waals surface area contributed by atoms with Gasteiger partial charge in [-0.25, -0.2) is 8.78 Å². The molecule has 0 aliphatic heterocycles. The van der Waals surface area contributed by atoms with Gasteiger partial charge in [0.05, 0.1) is 0 Å². The maximum atomic E-state index is 10.7. The van der Waals surface area contributed by atoms with E-state index in [0.717, 1.165) is 0 Å². The summed E-state index contributed by atoms with van der Waals surface area (Å²) in [6, 6.07) is 2.30. The average Bonchev–Trinajstić information content (AvgIpc) is 2.33. The zero-order chi connectivity index (χ0) is 16.4. The van der Waals surface area contributed by atoms with Crippen LogP contribution in [-0.2, 0) is 20.2 Å². The van der Waals surface area contributed by atoms with Crippen molar-refractivity contribution < 1.29 is 44.9 Å². The lowest BCUT2D eigenvalue weighted by molar-refractivity contribution is 0.446. The summed E-state index contributed by atoms with van der Waals surface area (Å²) in [6.07, 6.45) is 0. The van der Waals surface area contributed by atoms with Crippen LogP contribution in [0.5, 0.6) is 11.5 Å². The van der Waals surface area contributed by atoms with Gasteiger partial charge in [0.15, 0.2) is 0 Å². The zero-order valence-corrected chi connectivity index (χ0v) is 11.4. The summed E-state index contributed by atoms with van der Waals surface area (Å²) >= 11 is 0. The minimum atomic E-state index is -4.33. The van der Waals surface area contributed by atoms with E-state index in [9.17, 15) is 25.6 Å². The fraction of sp³-hybridized carbons (Fsp3) is 0.250. The molecular weight excluding hydrogens is 326 g/mol. The van der Waals surface area contributed by atoms with Crippen LogP contribution in [0.3, 0.4) is 0 Å². The molecule has 0 fully saturated rings. The normalized spacial score (nSPS) is 10.6. The Morgan fingerprint density at radius 2 is 0.900 bits per heavy atom. The summed E-state index contributed by atoms with van der Waals surface area (Å²) in [7, 11) is -8.66. The molecular formula is C8H12F2O8S2. The van der Waals surface area contributed by atoms with E-state index in [1.165, 1.54) is 24.3 Å². The number of hydrogen-bond donors (Lipinski definition) is 4. The van der Waals surface area contributed by atoms with E-state index in [2.05, 4.69) is 0 Å². The van der Waals surface area contributed by atoms with Gasteiger partial charge < -0.3 is 10.2 Å². The van der Waals surface area contributed by atoms with E-state index < -0.39 is 32.2 Å². The number of rotatable bonds is 2. The van der Waals surface area contributed by atoms with Gasteiger partial charge in [-0.05, 0) is 24.3 Å². The Morgan fingerprint density at radius 3 is 1.00 bits per heavy atom. The first-order valence-electron chi connectivity index (χ1n) is 4.41. The Balaban J connectivity index is 0. The van der Waals surface area contributed by atoms with Crippen LogP contribution in [-0.4, -0.2) is 48.2 Å². The minimum absolute atomic E-state index is 0.169. The highest BCUT2D eigenvalue weighted by Gasteiger charge is 1.98. The van der Waals surface area contributed by atoms with Gasteiger partial charge in [0.1, 0.15) is 11.5 Å². The van der Waals surface area contributed by atoms with Crippen LogP contribution in [0.15, 0.2) is 24.3 Å². The number of aromatic hydroxyl groups is 2. The second-order valence-corrected chi connectivity index (χ2v) is 5.66. The topological polar surface area (TPSA) is 149 Å². The molecule has 0 saturated heterocycles. The fourth-order valence-electron chi connectivity index (χ4n) is 0.453. The molecule has 12 heteroatoms. The molecule has 0 heterocycles. The molecule has 4 N–H and O–H groups in total. The number of alkyl halides is 2. The highest BCUT2D eigenvalue weighted by molar-refractivity contribution is 7.85. The zero-order valence-electron chi connectivity index (χ0n) is 9.72. The molecule has 118 valence electrons. The standard InChI is InChI=1S/C6H6O2.2CH3FO3S/c7-5-1-2-6(8)4-3-5;2*2-1-6(3,4)5/h1-4,7-8H;2*1H2,(H,3,4,5). The fourth-order valence-corrected chi connectivity index (χ4v) is 0.453. The summed E-state index contributed by atoms with van der Waals surface area (Å²) in [5.41, 5.74) is 0. The number of hydrogen-bond acceptors (Lipinski definition) is 6. The summed E-state index contributed by atoms with van der Waals surface area (Å²) in [5, 5.41) is 17.3. The lowest BCUT2D eigenvalue weighted by Crippen LogP contribution is -1.96. The maximum Gasteiger partial charge on any atom is 0.294 e. The lowest BCUT2D eigenvalue weighted by Gasteiger charge is -1.88. The Hall–Kier alpha value is -1.50. The Morgan fingerprint density at radius 1 is 0.750 bits per heavy atom. The van der Waals surface area contributed by atoms with Crippen LogP contribution in [0.4, 0.5) is 8.78 Å². The molecule has 1 aromatic rings. The van der Waals surface area contributed by atoms with Gasteiger partial charge >= 0.3 is 0 Å². The second-order valence-electron chi connectivity index (χ2n) is 2.90. The highest BCUT2D eigenvalue weighted by atomic mass is 32.2. The first-order chi connectivity index (χ1) is 8.91. The van der Waals surface area contributed by atoms with Gasteiger partial charge in [-0.3, -0.25) is 9.11 Å². The SMILES string of the molecule is O=S(=O)(O)CF.O=S(=O)(O)CF.Oc1ccc(O)cc1. The third kappa shape index (κ3) is 18.9. The molecule has 0 aromatic heterocycles. The quantitative estimate of drug-likeness (QED) is 0.455. The van der Waals surface area contributed by atoms with Crippen molar-refractivity contribution in [3.8, 4) is 11.5 Å². The van der Waals surface area contributed by atoms with Crippen LogP contribution < -0.4 is 0 Å². The minimum Gasteiger partial charge on any atom is -0.508 e. The van der Waals surface area contributed by atoms with Crippen molar-refractivity contribution in [1.29, 1.82) is 0 Å². The maximum absolute atomic E-state index is 10.7. The first-order valence-corrected chi connectivity index (χ1v) is 7.63. The molecule has 1 rings (SSSR count). The molecule has 0 saturated carbocycles. The van der Waals surface area contributed by atoms with Crippen LogP contribution in [0.2, 0.25) is 0 Å². The molecule has 0 spiro atoms. The third-order valence-corrected chi connectivity index (χ3v) is 1.68. The van der Waals surface area contributed by atoms with Gasteiger partial charge in [0.25, 0.3) is 20.2 Å². The molecule has 0 radical (unpaired) electrons. The Kier molecular flexibility index (Phi) is 9.79. The van der Waals surface area contributed by atoms with E-state index in [4.69, 9.17) is 19.3 Å². The first kappa shape index (κ1) is 20.8. The largest absolute Gasteiger partial charge is 0.508 e. The average molecular weight is 338 g/mol. The smallest absolute Gasteiger partial charge is 0.294 e. The molecule has 0 unspecified atom stereocenters. The van der Waals surface area contributed by atoms with Gasteiger partial charge in [0, 0.05) is 0 Å². The second kappa shape index (κ2) is 9.41. The molecule has 0 aliphatic carbocycles. The van der Waals surface area contributed by atoms with Crippen molar-refractivity contribution in [2.75, 3.05) is 12.0 Å². The predicted molar refractivity (Wildman–Crippen MR) is 64.8 cm³/mol. The lowest BCUT2D eigenvalue weighted by atomic mass is 10.3. The monoisotopic (exact) mass is 338 g/mol. The Labute approximate surface area is 113 Å². The van der Waals surface area contributed by atoms with Crippen molar-refractivity contribution in [2.45, 2.75) is 0 Å². The summed E-state index contributed by atoms with van der Waals surface area (Å²) in [5.74, 6) is 0.339. The number of phenols is 2. The number of halogens is 2. The van der Waals surface area contributed by atoms with E-state index in [-0.39, 0.29) is 11.5 Å². The number of phenolic OH excluding ortho intramolecular Hbond substituents is 2. The van der Waals surface area contributed by atoms with Crippen molar-refractivity contribution in [2.24, 2.45) is 0 Å². The molecule has 0 amide bonds. The van der Waals surface area contributed by atoms with E-state index in [1.807, 2.05) is 0 Å². The van der Waals surface area contributed by atoms with Crippen LogP contribution in [0.25, 0.3) is 0 Å². The van der Waals surface area contributed by atoms with Gasteiger partial charge in [-0.1, -0.05) is 0 Å². The third-order valence-electron chi connectivity index (χ3n) is 1.13. The van der Waals surface area contributed by atoms with E-state index in [0.29, 0.717) is 0 Å². The number of benzene rings is 1. The predicted octanol–water partition coefficient (Wildman–Crippen LogP) is 0.700. The molecule has 0 aliphatic rings. The van der Waals surface area contributed by atoms with Crippen molar-refractivity contribution in [3.05, 3.63) is 24.3 Å². The molecule has 20 heavy (non-hydrogen) atoms. The summed E-state index contributed by atoms with van der Waals surface area (Å²) in [4.78, 5) is 0. The van der Waals surface area contributed by atoms with Crippen LogP contribution in [0, 0.1) is 0 Å². The van der Waals surface area contributed by atoms with Crippen molar-refractivity contribution in [1.82, 2.24) is 0 Å². The molecule has 0 bridgehead atoms. The van der Waals surface area contributed by atoms with Crippen molar-refractivity contribution >= 4 is 20.2 Å². The molecule has 0 atom stereocenters. The van der Waals surface area contributed by atoms with Gasteiger partial charge in [0.2, 0.25) is 12.0 Å². The van der Waals surface area contributed by atoms with Gasteiger partial charge in [-0.2, -0.15) is 16.8 Å². The summed E-state index contributed by atoms with van der Waals surface area (Å²) < 4.78 is 72.9. The van der Waals surface area contributed by atoms with Gasteiger partial charge in [-0.15, -0.1) is 0 Å². The van der Waals surface area contributed by atoms with Crippen LogP contribution in [0.1, 0.15) is 0 Å².